The molecule has 0 saturated carbocycles. The zero-order chi connectivity index (χ0) is 20.1. The van der Waals surface area contributed by atoms with Gasteiger partial charge in [-0.3, -0.25) is 0 Å². The molecular weight excluding hydrogens is 328 g/mol. The smallest absolute Gasteiger partial charge is 0.125 e. The maximum atomic E-state index is 6.29. The quantitative estimate of drug-likeness (QED) is 0.222. The van der Waals surface area contributed by atoms with E-state index < -0.39 is 0 Å². The Morgan fingerprint density at radius 1 is 0.889 bits per heavy atom. The zero-order valence-corrected chi connectivity index (χ0v) is 18.9. The van der Waals surface area contributed by atoms with E-state index in [-0.39, 0.29) is 0 Å². The Bertz CT molecular complexity index is 503. The van der Waals surface area contributed by atoms with Gasteiger partial charge in [0, 0.05) is 0 Å². The summed E-state index contributed by atoms with van der Waals surface area (Å²) in [5.41, 5.74) is 4.08. The van der Waals surface area contributed by atoms with Gasteiger partial charge >= 0.3 is 0 Å². The molecule has 1 nitrogen and oxygen atoms in total. The molecule has 0 aliphatic carbocycles. The lowest BCUT2D eigenvalue weighted by Crippen LogP contribution is -2.05. The normalized spacial score (nSPS) is 13.6. The van der Waals surface area contributed by atoms with Crippen molar-refractivity contribution in [2.24, 2.45) is 11.8 Å². The Labute approximate surface area is 170 Å². The summed E-state index contributed by atoms with van der Waals surface area (Å²) in [7, 11) is 0. The lowest BCUT2D eigenvalue weighted by molar-refractivity contribution is 0.298. The van der Waals surface area contributed by atoms with Gasteiger partial charge in [-0.25, -0.2) is 0 Å². The molecule has 1 heteroatoms. The number of unbranched alkanes of at least 4 members (excludes halogenated alkanes) is 5. The molecule has 2 unspecified atom stereocenters. The van der Waals surface area contributed by atoms with E-state index in [0.717, 1.165) is 18.9 Å². The van der Waals surface area contributed by atoms with E-state index in [4.69, 9.17) is 4.74 Å². The number of hydrogen-bond donors (Lipinski definition) is 0. The molecule has 27 heavy (non-hydrogen) atoms. The van der Waals surface area contributed by atoms with Crippen molar-refractivity contribution in [2.75, 3.05) is 6.61 Å². The maximum absolute atomic E-state index is 6.29. The molecule has 2 atom stereocenters. The molecule has 0 amide bonds. The lowest BCUT2D eigenvalue weighted by atomic mass is 9.93. The van der Waals surface area contributed by atoms with Crippen LogP contribution in [0.3, 0.4) is 0 Å². The van der Waals surface area contributed by atoms with Gasteiger partial charge in [0.25, 0.3) is 0 Å². The van der Waals surface area contributed by atoms with E-state index in [0.29, 0.717) is 5.92 Å². The second kappa shape index (κ2) is 14.1. The SMILES string of the molecule is [CH2-]C(C)CCCC(C)CCc1ccc(C)c(C)c1OCCCCCCCC. The molecule has 1 rings (SSSR count). The van der Waals surface area contributed by atoms with Crippen molar-refractivity contribution >= 4 is 0 Å². The van der Waals surface area contributed by atoms with Crippen molar-refractivity contribution in [3.8, 4) is 5.75 Å². The van der Waals surface area contributed by atoms with Crippen LogP contribution in [0.5, 0.6) is 5.75 Å². The summed E-state index contributed by atoms with van der Waals surface area (Å²) in [6.45, 7) is 16.3. The van der Waals surface area contributed by atoms with E-state index in [1.807, 2.05) is 0 Å². The van der Waals surface area contributed by atoms with Gasteiger partial charge in [0.15, 0.2) is 0 Å². The van der Waals surface area contributed by atoms with Gasteiger partial charge in [-0.15, -0.1) is 0 Å². The van der Waals surface area contributed by atoms with Crippen LogP contribution in [0.15, 0.2) is 12.1 Å². The van der Waals surface area contributed by atoms with Crippen molar-refractivity contribution in [1.82, 2.24) is 0 Å². The molecule has 156 valence electrons. The average molecular weight is 374 g/mol. The summed E-state index contributed by atoms with van der Waals surface area (Å²) in [4.78, 5) is 0. The molecule has 0 spiro atoms. The minimum atomic E-state index is 0.582. The molecule has 0 N–H and O–H groups in total. The number of hydrogen-bond acceptors (Lipinski definition) is 1. The predicted molar refractivity (Wildman–Crippen MR) is 121 cm³/mol. The monoisotopic (exact) mass is 373 g/mol. The first-order valence-electron chi connectivity index (χ1n) is 11.5. The van der Waals surface area contributed by atoms with Crippen LogP contribution < -0.4 is 4.74 Å². The summed E-state index contributed by atoms with van der Waals surface area (Å²) >= 11 is 0. The number of benzene rings is 1. The van der Waals surface area contributed by atoms with Crippen molar-refractivity contribution in [3.05, 3.63) is 35.7 Å². The minimum Gasteiger partial charge on any atom is -0.493 e. The molecule has 1 aromatic carbocycles. The third-order valence-electron chi connectivity index (χ3n) is 5.80. The third kappa shape index (κ3) is 10.2. The Morgan fingerprint density at radius 3 is 2.30 bits per heavy atom. The van der Waals surface area contributed by atoms with Gasteiger partial charge in [0.05, 0.1) is 6.61 Å². The van der Waals surface area contributed by atoms with Crippen LogP contribution in [0.2, 0.25) is 0 Å². The van der Waals surface area contributed by atoms with Crippen molar-refractivity contribution in [3.63, 3.8) is 0 Å². The van der Waals surface area contributed by atoms with E-state index in [1.165, 1.54) is 86.6 Å². The lowest BCUT2D eigenvalue weighted by Gasteiger charge is -2.18. The highest BCUT2D eigenvalue weighted by Gasteiger charge is 2.11. The Kier molecular flexibility index (Phi) is 12.5. The van der Waals surface area contributed by atoms with Crippen LogP contribution in [-0.2, 0) is 6.42 Å². The van der Waals surface area contributed by atoms with Crippen LogP contribution in [0, 0.1) is 32.6 Å². The van der Waals surface area contributed by atoms with Gasteiger partial charge < -0.3 is 11.7 Å². The first-order chi connectivity index (χ1) is 13.0. The molecule has 0 fully saturated rings. The fourth-order valence-corrected chi connectivity index (χ4v) is 3.66. The number of rotatable bonds is 15. The fraction of sp³-hybridized carbons (Fsp3) is 0.731. The standard InChI is InChI=1S/C26H45O/c1-7-8-9-10-11-12-20-27-26-24(6)23(5)17-19-25(26)18-16-22(4)15-13-14-21(2)3/h17,19,21-22H,2,7-16,18,20H2,1,3-6H3/q-1. The van der Waals surface area contributed by atoms with Crippen LogP contribution in [0.4, 0.5) is 0 Å². The first-order valence-corrected chi connectivity index (χ1v) is 11.5. The summed E-state index contributed by atoms with van der Waals surface area (Å²) in [6.07, 6.45) is 14.1. The first kappa shape index (κ1) is 24.1. The Hall–Kier alpha value is -0.980. The van der Waals surface area contributed by atoms with Crippen molar-refractivity contribution in [1.29, 1.82) is 0 Å². The molecule has 0 bridgehead atoms. The van der Waals surface area contributed by atoms with E-state index in [2.05, 4.69) is 53.7 Å². The Balaban J connectivity index is 2.48. The van der Waals surface area contributed by atoms with Crippen LogP contribution in [-0.4, -0.2) is 6.61 Å². The molecule has 0 aliphatic rings. The number of ether oxygens (including phenoxy) is 1. The second-order valence-electron chi connectivity index (χ2n) is 8.79. The maximum Gasteiger partial charge on any atom is 0.125 e. The molecule has 1 aromatic rings. The van der Waals surface area contributed by atoms with Gasteiger partial charge in [-0.1, -0.05) is 84.3 Å². The van der Waals surface area contributed by atoms with Gasteiger partial charge in [-0.2, -0.15) is 5.92 Å². The second-order valence-corrected chi connectivity index (χ2v) is 8.79. The van der Waals surface area contributed by atoms with E-state index in [1.54, 1.807) is 0 Å². The summed E-state index contributed by atoms with van der Waals surface area (Å²) in [5, 5.41) is 0. The molecule has 0 aliphatic heterocycles. The Morgan fingerprint density at radius 2 is 1.59 bits per heavy atom. The predicted octanol–water partition coefficient (Wildman–Crippen LogP) is 8.25. The fourth-order valence-electron chi connectivity index (χ4n) is 3.66. The van der Waals surface area contributed by atoms with E-state index in [9.17, 15) is 0 Å². The topological polar surface area (TPSA) is 9.23 Å². The largest absolute Gasteiger partial charge is 0.493 e. The van der Waals surface area contributed by atoms with Crippen molar-refractivity contribution in [2.45, 2.75) is 105 Å². The highest BCUT2D eigenvalue weighted by Crippen LogP contribution is 2.29. The zero-order valence-electron chi connectivity index (χ0n) is 18.9. The molecule has 0 aromatic heterocycles. The average Bonchev–Trinajstić information content (AvgIpc) is 2.63. The van der Waals surface area contributed by atoms with E-state index >= 15 is 0 Å². The van der Waals surface area contributed by atoms with Gasteiger partial charge in [0.2, 0.25) is 0 Å². The molecule has 0 heterocycles. The third-order valence-corrected chi connectivity index (χ3v) is 5.80. The minimum absolute atomic E-state index is 0.582. The van der Waals surface area contributed by atoms with Gasteiger partial charge in [-0.05, 0) is 55.7 Å². The van der Waals surface area contributed by atoms with Crippen LogP contribution >= 0.6 is 0 Å². The molecule has 0 radical (unpaired) electrons. The van der Waals surface area contributed by atoms with Crippen molar-refractivity contribution < 1.29 is 4.74 Å². The summed E-state index contributed by atoms with van der Waals surface area (Å²) in [5.74, 6) is 2.53. The highest BCUT2D eigenvalue weighted by atomic mass is 16.5. The molecular formula is C26H45O-. The van der Waals surface area contributed by atoms with Crippen LogP contribution in [0.25, 0.3) is 0 Å². The summed E-state index contributed by atoms with van der Waals surface area (Å²) < 4.78 is 6.29. The number of aryl methyl sites for hydroxylation is 2. The molecule has 0 saturated heterocycles. The van der Waals surface area contributed by atoms with Gasteiger partial charge in [0.1, 0.15) is 5.75 Å². The highest BCUT2D eigenvalue weighted by molar-refractivity contribution is 5.45. The van der Waals surface area contributed by atoms with Crippen LogP contribution in [0.1, 0.15) is 102 Å². The summed E-state index contributed by atoms with van der Waals surface area (Å²) in [6, 6.07) is 4.56.